The van der Waals surface area contributed by atoms with E-state index in [0.717, 1.165) is 47.9 Å². The quantitative estimate of drug-likeness (QED) is 0.277. The second-order valence-electron chi connectivity index (χ2n) is 12.9. The molecule has 2 N–H and O–H groups in total. The maximum absolute atomic E-state index is 14.6. The van der Waals surface area contributed by atoms with E-state index in [0.29, 0.717) is 6.54 Å². The highest BCUT2D eigenvalue weighted by molar-refractivity contribution is 5.92. The lowest BCUT2D eigenvalue weighted by Crippen LogP contribution is -2.55. The lowest BCUT2D eigenvalue weighted by Gasteiger charge is -2.37. The van der Waals surface area contributed by atoms with Gasteiger partial charge in [-0.05, 0) is 84.1 Å². The molecule has 0 heterocycles. The SMILES string of the molecule is CCCCCCN(C(=O)C(Cc1ccccc1)NC(=O)OC(C)(C)C)C(C(=O)NC(C)(C)C)c1cccc(C)c1C. The first kappa shape index (κ1) is 33.9. The molecule has 41 heavy (non-hydrogen) atoms. The third-order valence-electron chi connectivity index (χ3n) is 6.81. The molecule has 0 saturated heterocycles. The topological polar surface area (TPSA) is 87.7 Å². The second kappa shape index (κ2) is 15.0. The van der Waals surface area contributed by atoms with Gasteiger partial charge in [0.25, 0.3) is 0 Å². The van der Waals surface area contributed by atoms with Crippen molar-refractivity contribution in [2.45, 2.75) is 118 Å². The Labute approximate surface area is 247 Å². The normalized spacial score (nSPS) is 13.2. The first-order valence-electron chi connectivity index (χ1n) is 14.8. The van der Waals surface area contributed by atoms with Gasteiger partial charge in [0, 0.05) is 18.5 Å². The molecule has 2 unspecified atom stereocenters. The summed E-state index contributed by atoms with van der Waals surface area (Å²) < 4.78 is 5.54. The number of rotatable bonds is 12. The highest BCUT2D eigenvalue weighted by Crippen LogP contribution is 2.29. The van der Waals surface area contributed by atoms with Crippen molar-refractivity contribution in [3.8, 4) is 0 Å². The maximum atomic E-state index is 14.6. The predicted molar refractivity (Wildman–Crippen MR) is 166 cm³/mol. The molecular formula is C34H51N3O4. The Morgan fingerprint density at radius 1 is 0.878 bits per heavy atom. The number of aryl methyl sites for hydroxylation is 1. The van der Waals surface area contributed by atoms with Gasteiger partial charge in [0.05, 0.1) is 0 Å². The van der Waals surface area contributed by atoms with Crippen molar-refractivity contribution in [2.24, 2.45) is 0 Å². The third kappa shape index (κ3) is 11.2. The fourth-order valence-electron chi connectivity index (χ4n) is 4.73. The minimum Gasteiger partial charge on any atom is -0.444 e. The van der Waals surface area contributed by atoms with Crippen LogP contribution in [0.25, 0.3) is 0 Å². The van der Waals surface area contributed by atoms with Crippen LogP contribution >= 0.6 is 0 Å². The number of carbonyl (C=O) groups is 3. The summed E-state index contributed by atoms with van der Waals surface area (Å²) in [5, 5.41) is 5.96. The summed E-state index contributed by atoms with van der Waals surface area (Å²) in [7, 11) is 0. The van der Waals surface area contributed by atoms with Crippen molar-refractivity contribution in [1.82, 2.24) is 15.5 Å². The zero-order valence-corrected chi connectivity index (χ0v) is 26.6. The smallest absolute Gasteiger partial charge is 0.408 e. The molecule has 0 fully saturated rings. The van der Waals surface area contributed by atoms with Gasteiger partial charge in [-0.3, -0.25) is 9.59 Å². The van der Waals surface area contributed by atoms with E-state index in [9.17, 15) is 14.4 Å². The summed E-state index contributed by atoms with van der Waals surface area (Å²) in [5.74, 6) is -0.558. The second-order valence-corrected chi connectivity index (χ2v) is 12.9. The molecule has 2 rings (SSSR count). The number of unbranched alkanes of at least 4 members (excludes halogenated alkanes) is 3. The van der Waals surface area contributed by atoms with Crippen LogP contribution in [0.15, 0.2) is 48.5 Å². The van der Waals surface area contributed by atoms with Gasteiger partial charge in [-0.1, -0.05) is 74.7 Å². The number of ether oxygens (including phenoxy) is 1. The van der Waals surface area contributed by atoms with Gasteiger partial charge in [-0.2, -0.15) is 0 Å². The van der Waals surface area contributed by atoms with Crippen LogP contribution in [0.4, 0.5) is 4.79 Å². The minimum absolute atomic E-state index is 0.245. The Hall–Kier alpha value is -3.35. The van der Waals surface area contributed by atoms with E-state index < -0.39 is 29.3 Å². The standard InChI is InChI=1S/C34H51N3O4/c1-10-11-12-16-22-37(29(30(38)36-33(4,5)6)27-21-17-18-24(2)25(27)3)31(39)28(23-26-19-14-13-15-20-26)35-32(40)41-34(7,8)9/h13-15,17-21,28-29H,10-12,16,22-23H2,1-9H3,(H,35,40)(H,36,38). The van der Waals surface area contributed by atoms with Crippen LogP contribution in [0, 0.1) is 13.8 Å². The molecule has 0 bridgehead atoms. The molecule has 2 aromatic rings. The van der Waals surface area contributed by atoms with E-state index >= 15 is 0 Å². The number of nitrogens with one attached hydrogen (secondary N) is 2. The van der Waals surface area contributed by atoms with Crippen molar-refractivity contribution >= 4 is 17.9 Å². The molecule has 0 aliphatic rings. The summed E-state index contributed by atoms with van der Waals surface area (Å²) in [4.78, 5) is 43.2. The van der Waals surface area contributed by atoms with Crippen molar-refractivity contribution in [3.05, 3.63) is 70.8 Å². The molecule has 0 aromatic heterocycles. The van der Waals surface area contributed by atoms with Gasteiger partial charge in [-0.25, -0.2) is 4.79 Å². The molecule has 3 amide bonds. The predicted octanol–water partition coefficient (Wildman–Crippen LogP) is 6.80. The fourth-order valence-corrected chi connectivity index (χ4v) is 4.73. The van der Waals surface area contributed by atoms with Crippen LogP contribution < -0.4 is 10.6 Å². The van der Waals surface area contributed by atoms with Crippen LogP contribution in [0.2, 0.25) is 0 Å². The van der Waals surface area contributed by atoms with Crippen molar-refractivity contribution in [2.75, 3.05) is 6.54 Å². The Morgan fingerprint density at radius 3 is 2.12 bits per heavy atom. The average molecular weight is 566 g/mol. The average Bonchev–Trinajstić information content (AvgIpc) is 2.85. The van der Waals surface area contributed by atoms with E-state index in [4.69, 9.17) is 4.74 Å². The van der Waals surface area contributed by atoms with E-state index in [2.05, 4.69) is 17.6 Å². The van der Waals surface area contributed by atoms with Gasteiger partial charge in [0.15, 0.2) is 0 Å². The summed E-state index contributed by atoms with van der Waals surface area (Å²) in [6.07, 6.45) is 3.37. The molecule has 2 atom stereocenters. The molecule has 0 radical (unpaired) electrons. The molecule has 0 aliphatic heterocycles. The zero-order chi connectivity index (χ0) is 30.8. The van der Waals surface area contributed by atoms with Gasteiger partial charge < -0.3 is 20.3 Å². The minimum atomic E-state index is -0.923. The first-order chi connectivity index (χ1) is 19.1. The highest BCUT2D eigenvalue weighted by atomic mass is 16.6. The Morgan fingerprint density at radius 2 is 1.54 bits per heavy atom. The molecular weight excluding hydrogens is 514 g/mol. The van der Waals surface area contributed by atoms with Crippen LogP contribution in [0.5, 0.6) is 0 Å². The van der Waals surface area contributed by atoms with E-state index in [1.807, 2.05) is 83.1 Å². The number of hydrogen-bond acceptors (Lipinski definition) is 4. The Bertz CT molecular complexity index is 1150. The molecule has 0 spiro atoms. The highest BCUT2D eigenvalue weighted by Gasteiger charge is 2.38. The third-order valence-corrected chi connectivity index (χ3v) is 6.81. The van der Waals surface area contributed by atoms with Gasteiger partial charge in [0.1, 0.15) is 17.7 Å². The molecule has 2 aromatic carbocycles. The summed E-state index contributed by atoms with van der Waals surface area (Å²) in [6.45, 7) is 17.7. The fraction of sp³-hybridized carbons (Fsp3) is 0.559. The molecule has 7 heteroatoms. The lowest BCUT2D eigenvalue weighted by molar-refractivity contribution is -0.143. The first-order valence-corrected chi connectivity index (χ1v) is 14.8. The lowest BCUT2D eigenvalue weighted by atomic mass is 9.93. The molecule has 0 aliphatic carbocycles. The number of carbonyl (C=O) groups excluding carboxylic acids is 3. The van der Waals surface area contributed by atoms with Crippen molar-refractivity contribution < 1.29 is 19.1 Å². The zero-order valence-electron chi connectivity index (χ0n) is 26.6. The Kier molecular flexibility index (Phi) is 12.4. The molecule has 0 saturated carbocycles. The maximum Gasteiger partial charge on any atom is 0.408 e. The van der Waals surface area contributed by atoms with Crippen molar-refractivity contribution in [3.63, 3.8) is 0 Å². The van der Waals surface area contributed by atoms with Gasteiger partial charge >= 0.3 is 6.09 Å². The van der Waals surface area contributed by atoms with Crippen LogP contribution in [-0.2, 0) is 20.7 Å². The van der Waals surface area contributed by atoms with Gasteiger partial charge in [0.2, 0.25) is 11.8 Å². The number of amides is 3. The molecule has 226 valence electrons. The van der Waals surface area contributed by atoms with Crippen LogP contribution in [0.3, 0.4) is 0 Å². The van der Waals surface area contributed by atoms with Crippen molar-refractivity contribution in [1.29, 1.82) is 0 Å². The Balaban J connectivity index is 2.62. The number of alkyl carbamates (subject to hydrolysis) is 1. The van der Waals surface area contributed by atoms with Gasteiger partial charge in [-0.15, -0.1) is 0 Å². The van der Waals surface area contributed by atoms with Crippen LogP contribution in [-0.4, -0.2) is 46.5 Å². The van der Waals surface area contributed by atoms with Crippen LogP contribution in [0.1, 0.15) is 102 Å². The number of benzene rings is 2. The van der Waals surface area contributed by atoms with E-state index in [-0.39, 0.29) is 18.2 Å². The number of hydrogen-bond donors (Lipinski definition) is 2. The largest absolute Gasteiger partial charge is 0.444 e. The van der Waals surface area contributed by atoms with E-state index in [1.165, 1.54) is 0 Å². The number of nitrogens with zero attached hydrogens (tertiary/aromatic N) is 1. The molecule has 7 nitrogen and oxygen atoms in total. The summed E-state index contributed by atoms with van der Waals surface area (Å²) >= 11 is 0. The monoisotopic (exact) mass is 565 g/mol. The summed E-state index contributed by atoms with van der Waals surface area (Å²) in [6, 6.07) is 13.7. The summed E-state index contributed by atoms with van der Waals surface area (Å²) in [5.41, 5.74) is 2.47. The van der Waals surface area contributed by atoms with E-state index in [1.54, 1.807) is 25.7 Å².